The molecule has 0 bridgehead atoms. The highest BCUT2D eigenvalue weighted by molar-refractivity contribution is 5.85. The molecule has 4 nitrogen and oxygen atoms in total. The first-order valence-electron chi connectivity index (χ1n) is 5.59. The molecule has 0 aromatic carbocycles. The topological polar surface area (TPSA) is 57.6 Å². The Kier molecular flexibility index (Phi) is 4.10. The summed E-state index contributed by atoms with van der Waals surface area (Å²) in [7, 11) is 1.73. The van der Waals surface area contributed by atoms with Gasteiger partial charge in [0, 0.05) is 13.1 Å². The summed E-state index contributed by atoms with van der Waals surface area (Å²) in [4.78, 5) is 24.8. The summed E-state index contributed by atoms with van der Waals surface area (Å²) in [6.45, 7) is 3.85. The Bertz CT molecular complexity index is 309. The van der Waals surface area contributed by atoms with E-state index in [0.29, 0.717) is 12.8 Å². The summed E-state index contributed by atoms with van der Waals surface area (Å²) >= 11 is 0. The van der Waals surface area contributed by atoms with Gasteiger partial charge in [-0.25, -0.2) is 0 Å². The summed E-state index contributed by atoms with van der Waals surface area (Å²) in [5.74, 6) is -1.92. The van der Waals surface area contributed by atoms with Gasteiger partial charge in [0.05, 0.1) is 11.8 Å². The van der Waals surface area contributed by atoms with Crippen LogP contribution >= 0.6 is 0 Å². The predicted molar refractivity (Wildman–Crippen MR) is 60.9 cm³/mol. The van der Waals surface area contributed by atoms with Crippen LogP contribution in [-0.4, -0.2) is 35.0 Å². The minimum atomic E-state index is -0.875. The van der Waals surface area contributed by atoms with E-state index in [0.717, 1.165) is 0 Å². The number of hydrogen-bond donors (Lipinski definition) is 1. The van der Waals surface area contributed by atoms with E-state index in [1.807, 2.05) is 26.0 Å². The van der Waals surface area contributed by atoms with Crippen LogP contribution in [0.25, 0.3) is 0 Å². The lowest BCUT2D eigenvalue weighted by molar-refractivity contribution is -0.150. The maximum absolute atomic E-state index is 12.1. The van der Waals surface area contributed by atoms with E-state index in [2.05, 4.69) is 0 Å². The lowest BCUT2D eigenvalue weighted by Crippen LogP contribution is -2.42. The van der Waals surface area contributed by atoms with Crippen molar-refractivity contribution in [1.82, 2.24) is 4.90 Å². The predicted octanol–water partition coefficient (Wildman–Crippen LogP) is 1.52. The smallest absolute Gasteiger partial charge is 0.307 e. The van der Waals surface area contributed by atoms with Crippen LogP contribution in [0.4, 0.5) is 0 Å². The van der Waals surface area contributed by atoms with Gasteiger partial charge in [-0.15, -0.1) is 0 Å². The standard InChI is InChI=1S/C12H19NO3/c1-8(2)13(3)11(14)9-6-4-5-7-10(9)12(15)16/h4-5,8-10H,6-7H2,1-3H3,(H,15,16)/t9-,10+/m1/s1. The van der Waals surface area contributed by atoms with Crippen molar-refractivity contribution in [3.8, 4) is 0 Å². The fourth-order valence-electron chi connectivity index (χ4n) is 1.88. The number of aliphatic carboxylic acids is 1. The number of rotatable bonds is 3. The number of carboxylic acids is 1. The van der Waals surface area contributed by atoms with Crippen molar-refractivity contribution < 1.29 is 14.7 Å². The number of carbonyl (C=O) groups excluding carboxylic acids is 1. The molecule has 1 rings (SSSR count). The van der Waals surface area contributed by atoms with Crippen molar-refractivity contribution in [2.45, 2.75) is 32.7 Å². The third-order valence-electron chi connectivity index (χ3n) is 3.19. The van der Waals surface area contributed by atoms with E-state index in [-0.39, 0.29) is 11.9 Å². The summed E-state index contributed by atoms with van der Waals surface area (Å²) in [5, 5.41) is 9.07. The number of hydrogen-bond acceptors (Lipinski definition) is 2. The van der Waals surface area contributed by atoms with E-state index in [1.165, 1.54) is 0 Å². The van der Waals surface area contributed by atoms with Crippen LogP contribution in [0.2, 0.25) is 0 Å². The minimum Gasteiger partial charge on any atom is -0.481 e. The van der Waals surface area contributed by atoms with Crippen molar-refractivity contribution in [3.63, 3.8) is 0 Å². The second-order valence-electron chi connectivity index (χ2n) is 4.54. The SMILES string of the molecule is CC(C)N(C)C(=O)[C@@H]1CC=CC[C@@H]1C(=O)O. The molecule has 1 amide bonds. The highest BCUT2D eigenvalue weighted by Gasteiger charge is 2.35. The molecular weight excluding hydrogens is 206 g/mol. The van der Waals surface area contributed by atoms with Gasteiger partial charge in [0.25, 0.3) is 0 Å². The van der Waals surface area contributed by atoms with Crippen molar-refractivity contribution >= 4 is 11.9 Å². The Hall–Kier alpha value is -1.32. The maximum Gasteiger partial charge on any atom is 0.307 e. The molecule has 0 aromatic rings. The molecule has 90 valence electrons. The van der Waals surface area contributed by atoms with E-state index >= 15 is 0 Å². The molecular formula is C12H19NO3. The van der Waals surface area contributed by atoms with Crippen LogP contribution in [0.3, 0.4) is 0 Å². The lowest BCUT2D eigenvalue weighted by Gasteiger charge is -2.30. The van der Waals surface area contributed by atoms with Gasteiger partial charge in [0.1, 0.15) is 0 Å². The number of carbonyl (C=O) groups is 2. The molecule has 0 radical (unpaired) electrons. The van der Waals surface area contributed by atoms with Crippen LogP contribution in [0, 0.1) is 11.8 Å². The first kappa shape index (κ1) is 12.7. The maximum atomic E-state index is 12.1. The zero-order valence-electron chi connectivity index (χ0n) is 10.0. The van der Waals surface area contributed by atoms with Crippen LogP contribution < -0.4 is 0 Å². The highest BCUT2D eigenvalue weighted by Crippen LogP contribution is 2.27. The third kappa shape index (κ3) is 2.62. The Labute approximate surface area is 95.9 Å². The number of amides is 1. The van der Waals surface area contributed by atoms with Gasteiger partial charge in [-0.1, -0.05) is 12.2 Å². The Morgan fingerprint density at radius 1 is 1.25 bits per heavy atom. The molecule has 16 heavy (non-hydrogen) atoms. The molecule has 0 aromatic heterocycles. The van der Waals surface area contributed by atoms with E-state index < -0.39 is 17.8 Å². The Balaban J connectivity index is 2.80. The Morgan fingerprint density at radius 3 is 2.19 bits per heavy atom. The van der Waals surface area contributed by atoms with Gasteiger partial charge >= 0.3 is 5.97 Å². The molecule has 0 fully saturated rings. The molecule has 1 aliphatic carbocycles. The second kappa shape index (κ2) is 5.14. The number of carboxylic acid groups (broad SMARTS) is 1. The zero-order valence-corrected chi connectivity index (χ0v) is 10.0. The largest absolute Gasteiger partial charge is 0.481 e. The van der Waals surface area contributed by atoms with E-state index in [9.17, 15) is 9.59 Å². The van der Waals surface area contributed by atoms with Gasteiger partial charge in [-0.3, -0.25) is 9.59 Å². The van der Waals surface area contributed by atoms with Gasteiger partial charge in [-0.05, 0) is 26.7 Å². The monoisotopic (exact) mass is 225 g/mol. The average molecular weight is 225 g/mol. The molecule has 1 aliphatic rings. The average Bonchev–Trinajstić information content (AvgIpc) is 2.26. The fourth-order valence-corrected chi connectivity index (χ4v) is 1.88. The van der Waals surface area contributed by atoms with Crippen molar-refractivity contribution in [1.29, 1.82) is 0 Å². The van der Waals surface area contributed by atoms with Gasteiger partial charge in [0.2, 0.25) is 5.91 Å². The van der Waals surface area contributed by atoms with Crippen LogP contribution in [0.15, 0.2) is 12.2 Å². The van der Waals surface area contributed by atoms with Gasteiger partial charge in [-0.2, -0.15) is 0 Å². The molecule has 0 heterocycles. The molecule has 0 saturated carbocycles. The summed E-state index contributed by atoms with van der Waals surface area (Å²) < 4.78 is 0. The fraction of sp³-hybridized carbons (Fsp3) is 0.667. The molecule has 0 unspecified atom stereocenters. The van der Waals surface area contributed by atoms with Crippen LogP contribution in [-0.2, 0) is 9.59 Å². The normalized spacial score (nSPS) is 24.5. The quantitative estimate of drug-likeness (QED) is 0.741. The minimum absolute atomic E-state index is 0.0632. The zero-order chi connectivity index (χ0) is 12.3. The van der Waals surface area contributed by atoms with Crippen molar-refractivity contribution in [3.05, 3.63) is 12.2 Å². The highest BCUT2D eigenvalue weighted by atomic mass is 16.4. The first-order chi connectivity index (χ1) is 7.45. The molecule has 0 saturated heterocycles. The van der Waals surface area contributed by atoms with E-state index in [1.54, 1.807) is 11.9 Å². The van der Waals surface area contributed by atoms with Gasteiger partial charge < -0.3 is 10.0 Å². The van der Waals surface area contributed by atoms with Gasteiger partial charge in [0.15, 0.2) is 0 Å². The van der Waals surface area contributed by atoms with Crippen LogP contribution in [0.5, 0.6) is 0 Å². The lowest BCUT2D eigenvalue weighted by atomic mass is 9.82. The molecule has 2 atom stereocenters. The van der Waals surface area contributed by atoms with Crippen LogP contribution in [0.1, 0.15) is 26.7 Å². The molecule has 1 N–H and O–H groups in total. The number of allylic oxidation sites excluding steroid dienone is 2. The first-order valence-corrected chi connectivity index (χ1v) is 5.59. The van der Waals surface area contributed by atoms with Crippen molar-refractivity contribution in [2.24, 2.45) is 11.8 Å². The second-order valence-corrected chi connectivity index (χ2v) is 4.54. The summed E-state index contributed by atoms with van der Waals surface area (Å²) in [6.07, 6.45) is 4.73. The Morgan fingerprint density at radius 2 is 1.75 bits per heavy atom. The molecule has 0 aliphatic heterocycles. The molecule has 0 spiro atoms. The number of nitrogens with zero attached hydrogens (tertiary/aromatic N) is 1. The third-order valence-corrected chi connectivity index (χ3v) is 3.19. The molecule has 4 heteroatoms. The van der Waals surface area contributed by atoms with E-state index in [4.69, 9.17) is 5.11 Å². The van der Waals surface area contributed by atoms with Crippen molar-refractivity contribution in [2.75, 3.05) is 7.05 Å². The summed E-state index contributed by atoms with van der Waals surface area (Å²) in [6, 6.07) is 0.104. The summed E-state index contributed by atoms with van der Waals surface area (Å²) in [5.41, 5.74) is 0.